The van der Waals surface area contributed by atoms with Crippen LogP contribution in [0.25, 0.3) is 0 Å². The molecule has 1 fully saturated rings. The lowest BCUT2D eigenvalue weighted by molar-refractivity contribution is -0.185. The Morgan fingerprint density at radius 3 is 1.83 bits per heavy atom. The normalized spacial score (nSPS) is 15.8. The van der Waals surface area contributed by atoms with Gasteiger partial charge in [0.05, 0.1) is 12.5 Å². The smallest absolute Gasteiger partial charge is 0.333 e. The average molecular weight is 348 g/mol. The van der Waals surface area contributed by atoms with Crippen LogP contribution in [-0.4, -0.2) is 56.9 Å². The summed E-state index contributed by atoms with van der Waals surface area (Å²) in [4.78, 5) is 53.5. The second-order valence-corrected chi connectivity index (χ2v) is 5.05. The summed E-state index contributed by atoms with van der Waals surface area (Å²) in [5.74, 6) is -10.5. The molecule has 136 valence electrons. The highest BCUT2D eigenvalue weighted by atomic mass is 16.5. The molecule has 1 aliphatic rings. The molecule has 10 nitrogen and oxygen atoms in total. The van der Waals surface area contributed by atoms with Crippen molar-refractivity contribution in [2.24, 2.45) is 11.3 Å². The van der Waals surface area contributed by atoms with Crippen molar-refractivity contribution in [3.8, 4) is 0 Å². The van der Waals surface area contributed by atoms with E-state index in [1.54, 1.807) is 0 Å². The SMILES string of the molecule is CCC(C(=O)O)C(C(=O)O)(C(=O)O)C(=O)O.O=C1CCCCCO1. The van der Waals surface area contributed by atoms with Gasteiger partial charge in [0, 0.05) is 6.42 Å². The van der Waals surface area contributed by atoms with Gasteiger partial charge in [0.25, 0.3) is 5.41 Å². The first-order valence-electron chi connectivity index (χ1n) is 7.20. The van der Waals surface area contributed by atoms with Crippen molar-refractivity contribution < 1.29 is 49.1 Å². The van der Waals surface area contributed by atoms with Gasteiger partial charge >= 0.3 is 29.8 Å². The fourth-order valence-corrected chi connectivity index (χ4v) is 2.19. The van der Waals surface area contributed by atoms with E-state index in [2.05, 4.69) is 0 Å². The molecule has 1 heterocycles. The lowest BCUT2D eigenvalue weighted by Crippen LogP contribution is -2.54. The molecular weight excluding hydrogens is 328 g/mol. The van der Waals surface area contributed by atoms with Crippen LogP contribution in [0.2, 0.25) is 0 Å². The van der Waals surface area contributed by atoms with Crippen LogP contribution in [0.15, 0.2) is 0 Å². The molecule has 0 amide bonds. The van der Waals surface area contributed by atoms with Gasteiger partial charge in [-0.1, -0.05) is 6.92 Å². The summed E-state index contributed by atoms with van der Waals surface area (Å²) in [6.45, 7) is 1.83. The van der Waals surface area contributed by atoms with E-state index in [9.17, 15) is 24.0 Å². The van der Waals surface area contributed by atoms with Gasteiger partial charge in [0.15, 0.2) is 0 Å². The zero-order valence-corrected chi connectivity index (χ0v) is 13.1. The fraction of sp³-hybridized carbons (Fsp3) is 0.643. The van der Waals surface area contributed by atoms with Gasteiger partial charge in [-0.15, -0.1) is 0 Å². The number of ether oxygens (including phenoxy) is 1. The molecule has 0 aromatic carbocycles. The topological polar surface area (TPSA) is 175 Å². The molecule has 1 aliphatic heterocycles. The number of carbonyl (C=O) groups excluding carboxylic acids is 1. The van der Waals surface area contributed by atoms with Crippen molar-refractivity contribution in [3.05, 3.63) is 0 Å². The highest BCUT2D eigenvalue weighted by Crippen LogP contribution is 2.32. The van der Waals surface area contributed by atoms with Gasteiger partial charge in [-0.3, -0.25) is 24.0 Å². The Balaban J connectivity index is 0.000000546. The van der Waals surface area contributed by atoms with Crippen molar-refractivity contribution in [1.29, 1.82) is 0 Å². The maximum Gasteiger partial charge on any atom is 0.333 e. The average Bonchev–Trinajstić information content (AvgIpc) is 2.71. The zero-order chi connectivity index (χ0) is 18.9. The number of rotatable bonds is 6. The summed E-state index contributed by atoms with van der Waals surface area (Å²) in [5, 5.41) is 34.7. The van der Waals surface area contributed by atoms with Gasteiger partial charge in [-0.25, -0.2) is 0 Å². The number of carboxylic acid groups (broad SMARTS) is 4. The molecule has 1 atom stereocenters. The van der Waals surface area contributed by atoms with Gasteiger partial charge < -0.3 is 25.2 Å². The first-order chi connectivity index (χ1) is 11.1. The quantitative estimate of drug-likeness (QED) is 0.389. The monoisotopic (exact) mass is 348 g/mol. The highest BCUT2D eigenvalue weighted by molar-refractivity contribution is 6.18. The summed E-state index contributed by atoms with van der Waals surface area (Å²) in [7, 11) is 0. The Morgan fingerprint density at radius 1 is 1.00 bits per heavy atom. The van der Waals surface area contributed by atoms with Crippen LogP contribution in [0.3, 0.4) is 0 Å². The van der Waals surface area contributed by atoms with Crippen LogP contribution in [0.4, 0.5) is 0 Å². The number of aliphatic carboxylic acids is 4. The Bertz CT molecular complexity index is 464. The Kier molecular flexibility index (Phi) is 8.43. The molecule has 10 heteroatoms. The van der Waals surface area contributed by atoms with Crippen molar-refractivity contribution >= 4 is 29.8 Å². The van der Waals surface area contributed by atoms with Crippen molar-refractivity contribution in [2.75, 3.05) is 6.61 Å². The lowest BCUT2D eigenvalue weighted by atomic mass is 9.74. The van der Waals surface area contributed by atoms with E-state index in [0.29, 0.717) is 13.0 Å². The first-order valence-corrected chi connectivity index (χ1v) is 7.20. The Morgan fingerprint density at radius 2 is 1.50 bits per heavy atom. The molecule has 1 saturated heterocycles. The summed E-state index contributed by atoms with van der Waals surface area (Å²) in [6, 6.07) is 0. The molecule has 24 heavy (non-hydrogen) atoms. The number of esters is 1. The number of carbonyl (C=O) groups is 5. The minimum absolute atomic E-state index is 0.0255. The van der Waals surface area contributed by atoms with E-state index in [4.69, 9.17) is 25.2 Å². The van der Waals surface area contributed by atoms with E-state index in [0.717, 1.165) is 19.3 Å². The zero-order valence-electron chi connectivity index (χ0n) is 13.1. The maximum atomic E-state index is 10.8. The fourth-order valence-electron chi connectivity index (χ4n) is 2.19. The molecule has 0 saturated carbocycles. The van der Waals surface area contributed by atoms with Crippen LogP contribution in [-0.2, 0) is 28.7 Å². The molecule has 0 aliphatic carbocycles. The van der Waals surface area contributed by atoms with Crippen LogP contribution in [0.5, 0.6) is 0 Å². The van der Waals surface area contributed by atoms with E-state index >= 15 is 0 Å². The van der Waals surface area contributed by atoms with E-state index < -0.39 is 41.6 Å². The summed E-state index contributed by atoms with van der Waals surface area (Å²) < 4.78 is 4.76. The minimum Gasteiger partial charge on any atom is -0.481 e. The molecule has 4 N–H and O–H groups in total. The van der Waals surface area contributed by atoms with Crippen molar-refractivity contribution in [3.63, 3.8) is 0 Å². The van der Waals surface area contributed by atoms with Crippen LogP contribution < -0.4 is 0 Å². The van der Waals surface area contributed by atoms with Crippen LogP contribution >= 0.6 is 0 Å². The molecule has 1 unspecified atom stereocenters. The third-order valence-corrected chi connectivity index (χ3v) is 3.53. The molecule has 0 spiro atoms. The molecule has 0 bridgehead atoms. The summed E-state index contributed by atoms with van der Waals surface area (Å²) in [5.41, 5.74) is -3.36. The predicted octanol–water partition coefficient (Wildman–Crippen LogP) is 0.441. The molecule has 1 rings (SSSR count). The van der Waals surface area contributed by atoms with Gasteiger partial charge in [0.1, 0.15) is 0 Å². The lowest BCUT2D eigenvalue weighted by Gasteiger charge is -2.25. The van der Waals surface area contributed by atoms with Crippen molar-refractivity contribution in [2.45, 2.75) is 39.0 Å². The van der Waals surface area contributed by atoms with E-state index in [-0.39, 0.29) is 5.97 Å². The number of hydrogen-bond acceptors (Lipinski definition) is 6. The number of cyclic esters (lactones) is 1. The largest absolute Gasteiger partial charge is 0.481 e. The molecule has 0 aromatic rings. The first kappa shape index (κ1) is 21.4. The molecule has 0 radical (unpaired) electrons. The Labute approximate surface area is 137 Å². The third-order valence-electron chi connectivity index (χ3n) is 3.53. The summed E-state index contributed by atoms with van der Waals surface area (Å²) >= 11 is 0. The van der Waals surface area contributed by atoms with E-state index in [1.807, 2.05) is 0 Å². The van der Waals surface area contributed by atoms with Gasteiger partial charge in [-0.05, 0) is 25.7 Å². The maximum absolute atomic E-state index is 10.8. The minimum atomic E-state index is -3.36. The second kappa shape index (κ2) is 9.48. The van der Waals surface area contributed by atoms with Gasteiger partial charge in [0.2, 0.25) is 0 Å². The molecule has 0 aromatic heterocycles. The standard InChI is InChI=1S/C8H10O8.C6H10O2/c1-2-3(4(9)10)8(5(11)12,6(13)14)7(15)16;7-6-4-2-1-3-5-8-6/h3H,2H2,1H3,(H,9,10)(H,11,12)(H,13,14)(H,15,16);1-5H2. The molecular formula is C14H20O10. The van der Waals surface area contributed by atoms with Crippen molar-refractivity contribution in [1.82, 2.24) is 0 Å². The Hall–Kier alpha value is -2.65. The number of hydrogen-bond donors (Lipinski definition) is 4. The van der Waals surface area contributed by atoms with E-state index in [1.165, 1.54) is 6.92 Å². The van der Waals surface area contributed by atoms with Crippen LogP contribution in [0, 0.1) is 11.3 Å². The number of carboxylic acids is 4. The summed E-state index contributed by atoms with van der Waals surface area (Å²) in [6.07, 6.45) is 3.40. The highest BCUT2D eigenvalue weighted by Gasteiger charge is 2.62. The third kappa shape index (κ3) is 4.93. The van der Waals surface area contributed by atoms with Gasteiger partial charge in [-0.2, -0.15) is 0 Å². The second-order valence-electron chi connectivity index (χ2n) is 5.05. The predicted molar refractivity (Wildman–Crippen MR) is 76.2 cm³/mol. The van der Waals surface area contributed by atoms with Crippen LogP contribution in [0.1, 0.15) is 39.0 Å².